The van der Waals surface area contributed by atoms with Gasteiger partial charge in [0.25, 0.3) is 0 Å². The summed E-state index contributed by atoms with van der Waals surface area (Å²) in [6.07, 6.45) is -5.19. The van der Waals surface area contributed by atoms with Crippen LogP contribution in [0.15, 0.2) is 30.3 Å². The van der Waals surface area contributed by atoms with Crippen LogP contribution in [-0.4, -0.2) is 26.8 Å². The molecule has 8 heteroatoms. The highest BCUT2D eigenvalue weighted by Gasteiger charge is 2.32. The Morgan fingerprint density at radius 2 is 1.95 bits per heavy atom. The van der Waals surface area contributed by atoms with Crippen molar-refractivity contribution >= 4 is 0 Å². The molecule has 0 fully saturated rings. The molecule has 0 amide bonds. The van der Waals surface area contributed by atoms with Gasteiger partial charge < -0.3 is 5.32 Å². The Morgan fingerprint density at radius 1 is 1.21 bits per heavy atom. The number of tetrazole rings is 1. The van der Waals surface area contributed by atoms with Gasteiger partial charge in [-0.1, -0.05) is 35.5 Å². The fraction of sp³-hybridized carbons (Fsp3) is 0.364. The molecular weight excluding hydrogens is 259 g/mol. The van der Waals surface area contributed by atoms with E-state index in [1.54, 1.807) is 30.3 Å². The van der Waals surface area contributed by atoms with Crippen molar-refractivity contribution < 1.29 is 13.2 Å². The van der Waals surface area contributed by atoms with Gasteiger partial charge in [0.1, 0.15) is 0 Å². The number of halogens is 3. The van der Waals surface area contributed by atoms with Gasteiger partial charge in [-0.2, -0.15) is 18.4 Å². The topological polar surface area (TPSA) is 66.5 Å². The number of hydrogen-bond acceptors (Lipinski definition) is 4. The standard InChI is InChI=1S/C11H12F3N5/c12-11(13,14)6-9(8-4-2-1-3-5-8)15-7-10-16-18-19-17-10/h1-5,9,15H,6-7H2,(H,16,17,18,19). The molecule has 0 aliphatic rings. The van der Waals surface area contributed by atoms with Gasteiger partial charge >= 0.3 is 6.18 Å². The minimum atomic E-state index is -4.25. The number of H-pyrrole nitrogens is 1. The van der Waals surface area contributed by atoms with Gasteiger partial charge in [0.15, 0.2) is 5.82 Å². The lowest BCUT2D eigenvalue weighted by molar-refractivity contribution is -0.140. The van der Waals surface area contributed by atoms with Gasteiger partial charge in [0, 0.05) is 6.04 Å². The first-order valence-corrected chi connectivity index (χ1v) is 5.62. The molecule has 0 aliphatic heterocycles. The van der Waals surface area contributed by atoms with Gasteiger partial charge in [-0.15, -0.1) is 10.2 Å². The van der Waals surface area contributed by atoms with Crippen LogP contribution < -0.4 is 5.32 Å². The van der Waals surface area contributed by atoms with Crippen LogP contribution in [0.25, 0.3) is 0 Å². The van der Waals surface area contributed by atoms with Gasteiger partial charge in [0.05, 0.1) is 13.0 Å². The van der Waals surface area contributed by atoms with Gasteiger partial charge in [0.2, 0.25) is 0 Å². The summed E-state index contributed by atoms with van der Waals surface area (Å²) >= 11 is 0. The van der Waals surface area contributed by atoms with Crippen molar-refractivity contribution in [3.8, 4) is 0 Å². The number of rotatable bonds is 5. The minimum Gasteiger partial charge on any atom is -0.302 e. The number of nitrogens with one attached hydrogen (secondary N) is 2. The molecule has 1 aromatic heterocycles. The van der Waals surface area contributed by atoms with Crippen LogP contribution >= 0.6 is 0 Å². The predicted molar refractivity (Wildman–Crippen MR) is 60.9 cm³/mol. The molecular formula is C11H12F3N5. The molecule has 0 saturated heterocycles. The monoisotopic (exact) mass is 271 g/mol. The second-order valence-corrected chi connectivity index (χ2v) is 3.99. The van der Waals surface area contributed by atoms with E-state index in [2.05, 4.69) is 25.9 Å². The Bertz CT molecular complexity index is 483. The number of nitrogens with zero attached hydrogens (tertiary/aromatic N) is 3. The van der Waals surface area contributed by atoms with E-state index in [0.717, 1.165) is 0 Å². The average Bonchev–Trinajstić information content (AvgIpc) is 2.87. The zero-order valence-electron chi connectivity index (χ0n) is 9.85. The van der Waals surface area contributed by atoms with E-state index in [-0.39, 0.29) is 6.54 Å². The van der Waals surface area contributed by atoms with E-state index >= 15 is 0 Å². The highest BCUT2D eigenvalue weighted by molar-refractivity contribution is 5.19. The molecule has 1 aromatic carbocycles. The molecule has 19 heavy (non-hydrogen) atoms. The minimum absolute atomic E-state index is 0.117. The van der Waals surface area contributed by atoms with E-state index < -0.39 is 18.6 Å². The van der Waals surface area contributed by atoms with Crippen molar-refractivity contribution in [1.82, 2.24) is 25.9 Å². The quantitative estimate of drug-likeness (QED) is 0.872. The van der Waals surface area contributed by atoms with E-state index in [0.29, 0.717) is 11.4 Å². The summed E-state index contributed by atoms with van der Waals surface area (Å²) in [5, 5.41) is 15.8. The van der Waals surface area contributed by atoms with Crippen molar-refractivity contribution in [1.29, 1.82) is 0 Å². The van der Waals surface area contributed by atoms with Crippen LogP contribution in [0.4, 0.5) is 13.2 Å². The highest BCUT2D eigenvalue weighted by atomic mass is 19.4. The maximum Gasteiger partial charge on any atom is 0.390 e. The van der Waals surface area contributed by atoms with E-state index in [1.807, 2.05) is 0 Å². The van der Waals surface area contributed by atoms with Gasteiger partial charge in [-0.3, -0.25) is 0 Å². The first-order chi connectivity index (χ1) is 9.04. The molecule has 102 valence electrons. The molecule has 0 bridgehead atoms. The maximum absolute atomic E-state index is 12.6. The smallest absolute Gasteiger partial charge is 0.302 e. The third-order valence-electron chi connectivity index (χ3n) is 2.53. The molecule has 2 rings (SSSR count). The zero-order chi connectivity index (χ0) is 13.7. The SMILES string of the molecule is FC(F)(F)CC(NCc1nn[nH]n1)c1ccccc1. The first-order valence-electron chi connectivity index (χ1n) is 5.62. The summed E-state index contributed by atoms with van der Waals surface area (Å²) in [5.41, 5.74) is 0.573. The van der Waals surface area contributed by atoms with Crippen LogP contribution in [0, 0.1) is 0 Å². The molecule has 2 N–H and O–H groups in total. The van der Waals surface area contributed by atoms with E-state index in [4.69, 9.17) is 0 Å². The fourth-order valence-electron chi connectivity index (χ4n) is 1.70. The first kappa shape index (κ1) is 13.5. The van der Waals surface area contributed by atoms with Crippen molar-refractivity contribution in [3.63, 3.8) is 0 Å². The Hall–Kier alpha value is -1.96. The van der Waals surface area contributed by atoms with Crippen molar-refractivity contribution in [2.45, 2.75) is 25.2 Å². The molecule has 1 atom stereocenters. The number of aromatic amines is 1. The van der Waals surface area contributed by atoms with Crippen LogP contribution in [0.2, 0.25) is 0 Å². The maximum atomic E-state index is 12.6. The number of benzene rings is 1. The average molecular weight is 271 g/mol. The van der Waals surface area contributed by atoms with E-state index in [9.17, 15) is 13.2 Å². The van der Waals surface area contributed by atoms with E-state index in [1.165, 1.54) is 0 Å². The second kappa shape index (κ2) is 5.79. The van der Waals surface area contributed by atoms with Crippen molar-refractivity contribution in [3.05, 3.63) is 41.7 Å². The largest absolute Gasteiger partial charge is 0.390 e. The summed E-state index contributed by atoms with van der Waals surface area (Å²) in [4.78, 5) is 0. The van der Waals surface area contributed by atoms with Crippen LogP contribution in [0.5, 0.6) is 0 Å². The zero-order valence-corrected chi connectivity index (χ0v) is 9.85. The molecule has 5 nitrogen and oxygen atoms in total. The Balaban J connectivity index is 2.06. The Morgan fingerprint density at radius 3 is 2.53 bits per heavy atom. The van der Waals surface area contributed by atoms with Crippen molar-refractivity contribution in [2.75, 3.05) is 0 Å². The number of aromatic nitrogens is 4. The van der Waals surface area contributed by atoms with Crippen LogP contribution in [-0.2, 0) is 6.54 Å². The normalized spacial score (nSPS) is 13.4. The molecule has 0 radical (unpaired) electrons. The Labute approximate surface area is 107 Å². The lowest BCUT2D eigenvalue weighted by Gasteiger charge is -2.20. The second-order valence-electron chi connectivity index (χ2n) is 3.99. The number of hydrogen-bond donors (Lipinski definition) is 2. The lowest BCUT2D eigenvalue weighted by atomic mass is 10.0. The Kier molecular flexibility index (Phi) is 4.10. The highest BCUT2D eigenvalue weighted by Crippen LogP contribution is 2.29. The third-order valence-corrected chi connectivity index (χ3v) is 2.53. The molecule has 1 unspecified atom stereocenters. The summed E-state index contributed by atoms with van der Waals surface area (Å²) < 4.78 is 37.7. The summed E-state index contributed by atoms with van der Waals surface area (Å²) in [6.45, 7) is 0.117. The molecule has 2 aromatic rings. The van der Waals surface area contributed by atoms with Gasteiger partial charge in [-0.05, 0) is 5.56 Å². The molecule has 1 heterocycles. The van der Waals surface area contributed by atoms with Crippen molar-refractivity contribution in [2.24, 2.45) is 0 Å². The molecule has 0 aliphatic carbocycles. The summed E-state index contributed by atoms with van der Waals surface area (Å²) in [7, 11) is 0. The molecule has 0 saturated carbocycles. The summed E-state index contributed by atoms with van der Waals surface area (Å²) in [6, 6.07) is 7.63. The third kappa shape index (κ3) is 4.32. The molecule has 0 spiro atoms. The van der Waals surface area contributed by atoms with Gasteiger partial charge in [-0.25, -0.2) is 0 Å². The van der Waals surface area contributed by atoms with Crippen LogP contribution in [0.3, 0.4) is 0 Å². The summed E-state index contributed by atoms with van der Waals surface area (Å²) in [5.74, 6) is 0.322. The lowest BCUT2D eigenvalue weighted by Crippen LogP contribution is -2.26. The number of alkyl halides is 3. The predicted octanol–water partition coefficient (Wildman–Crippen LogP) is 1.98. The van der Waals surface area contributed by atoms with Crippen LogP contribution in [0.1, 0.15) is 23.9 Å². The fourth-order valence-corrected chi connectivity index (χ4v) is 1.70.